The molecule has 1 aliphatic rings. The summed E-state index contributed by atoms with van der Waals surface area (Å²) in [4.78, 5) is 0. The van der Waals surface area contributed by atoms with Gasteiger partial charge in [-0.25, -0.2) is 0 Å². The molecule has 0 spiro atoms. The number of rotatable bonds is 0. The van der Waals surface area contributed by atoms with E-state index in [1.54, 1.807) is 0 Å². The summed E-state index contributed by atoms with van der Waals surface area (Å²) in [5.41, 5.74) is 0. The highest BCUT2D eigenvalue weighted by molar-refractivity contribution is 7.14. The minimum atomic E-state index is 0.665. The lowest BCUT2D eigenvalue weighted by atomic mass is 10.2. The predicted octanol–water partition coefficient (Wildman–Crippen LogP) is 0.961. The van der Waals surface area contributed by atoms with Gasteiger partial charge >= 0.3 is 0 Å². The first-order valence-electron chi connectivity index (χ1n) is 3.64. The fraction of sp³-hybridized carbons (Fsp3) is 1.00. The zero-order valence-electron chi connectivity index (χ0n) is 6.62. The van der Waals surface area contributed by atoms with Gasteiger partial charge in [-0.05, 0) is 13.8 Å². The van der Waals surface area contributed by atoms with E-state index >= 15 is 0 Å². The topological polar surface area (TPSA) is 6.48 Å². The van der Waals surface area contributed by atoms with E-state index in [0.717, 1.165) is 13.1 Å². The molecule has 1 aliphatic heterocycles. The molecule has 4 atom stereocenters. The molecule has 1 fully saturated rings. The molecular formula is C6H16N2P2. The summed E-state index contributed by atoms with van der Waals surface area (Å²) in [6.07, 6.45) is 0. The zero-order chi connectivity index (χ0) is 7.72. The van der Waals surface area contributed by atoms with E-state index in [9.17, 15) is 0 Å². The van der Waals surface area contributed by atoms with Gasteiger partial charge in [0.05, 0.1) is 0 Å². The van der Waals surface area contributed by atoms with Gasteiger partial charge in [0.2, 0.25) is 0 Å². The molecule has 1 saturated heterocycles. The van der Waals surface area contributed by atoms with E-state index in [1.165, 1.54) is 0 Å². The molecule has 10 heavy (non-hydrogen) atoms. The Balaban J connectivity index is 2.46. The van der Waals surface area contributed by atoms with Crippen molar-refractivity contribution in [3.05, 3.63) is 0 Å². The maximum absolute atomic E-state index is 2.78. The van der Waals surface area contributed by atoms with Crippen molar-refractivity contribution in [3.8, 4) is 0 Å². The molecule has 1 rings (SSSR count). The average molecular weight is 178 g/mol. The molecule has 0 aromatic carbocycles. The van der Waals surface area contributed by atoms with Crippen LogP contribution < -0.4 is 0 Å². The highest BCUT2D eigenvalue weighted by Crippen LogP contribution is 2.20. The maximum atomic E-state index is 2.78. The molecule has 0 amide bonds. The van der Waals surface area contributed by atoms with Crippen LogP contribution in [0.4, 0.5) is 0 Å². The van der Waals surface area contributed by atoms with Gasteiger partial charge in [0.15, 0.2) is 0 Å². The molecule has 60 valence electrons. The first kappa shape index (κ1) is 8.87. The Kier molecular flexibility index (Phi) is 3.06. The van der Waals surface area contributed by atoms with Crippen LogP contribution in [-0.2, 0) is 0 Å². The number of nitrogens with zero attached hydrogens (tertiary/aromatic N) is 2. The first-order chi connectivity index (χ1) is 4.61. The molecule has 3 unspecified atom stereocenters. The molecule has 4 heteroatoms. The van der Waals surface area contributed by atoms with Crippen LogP contribution in [0.25, 0.3) is 0 Å². The van der Waals surface area contributed by atoms with Crippen molar-refractivity contribution in [1.82, 2.24) is 9.34 Å². The van der Waals surface area contributed by atoms with Gasteiger partial charge in [0, 0.05) is 25.2 Å². The molecule has 0 radical (unpaired) electrons. The molecule has 0 aliphatic carbocycles. The molecule has 2 nitrogen and oxygen atoms in total. The fourth-order valence-corrected chi connectivity index (χ4v) is 1.98. The highest BCUT2D eigenvalue weighted by atomic mass is 31.0. The van der Waals surface area contributed by atoms with Crippen LogP contribution in [0.3, 0.4) is 0 Å². The second kappa shape index (κ2) is 3.45. The Bertz CT molecular complexity index is 94.3. The van der Waals surface area contributed by atoms with E-state index in [4.69, 9.17) is 0 Å². The van der Waals surface area contributed by atoms with Gasteiger partial charge in [0.1, 0.15) is 0 Å². The first-order valence-corrected chi connectivity index (χ1v) is 4.67. The summed E-state index contributed by atoms with van der Waals surface area (Å²) in [7, 11) is 5.56. The SMILES string of the molecule is CC1CN(P)[C@@H](C)CN1P. The third kappa shape index (κ3) is 1.89. The summed E-state index contributed by atoms with van der Waals surface area (Å²) in [6.45, 7) is 6.79. The molecular weight excluding hydrogens is 162 g/mol. The van der Waals surface area contributed by atoms with Crippen LogP contribution in [0.15, 0.2) is 0 Å². The van der Waals surface area contributed by atoms with E-state index < -0.39 is 0 Å². The van der Waals surface area contributed by atoms with Crippen molar-refractivity contribution < 1.29 is 0 Å². The van der Waals surface area contributed by atoms with Crippen LogP contribution in [0.5, 0.6) is 0 Å². The van der Waals surface area contributed by atoms with Gasteiger partial charge < -0.3 is 0 Å². The van der Waals surface area contributed by atoms with E-state index in [-0.39, 0.29) is 0 Å². The quantitative estimate of drug-likeness (QED) is 0.510. The van der Waals surface area contributed by atoms with E-state index in [0.29, 0.717) is 12.1 Å². The Morgan fingerprint density at radius 2 is 1.30 bits per heavy atom. The monoisotopic (exact) mass is 178 g/mol. The van der Waals surface area contributed by atoms with Gasteiger partial charge in [-0.3, -0.25) is 9.34 Å². The lowest BCUT2D eigenvalue weighted by Gasteiger charge is -2.39. The average Bonchev–Trinajstić information content (AvgIpc) is 1.84. The number of hydrogen-bond acceptors (Lipinski definition) is 2. The van der Waals surface area contributed by atoms with E-state index in [2.05, 4.69) is 42.0 Å². The Morgan fingerprint density at radius 3 is 1.60 bits per heavy atom. The predicted molar refractivity (Wildman–Crippen MR) is 51.8 cm³/mol. The lowest BCUT2D eigenvalue weighted by molar-refractivity contribution is 0.185. The molecule has 0 saturated carbocycles. The summed E-state index contributed by atoms with van der Waals surface area (Å²) < 4.78 is 4.65. The normalized spacial score (nSPS) is 38.4. The van der Waals surface area contributed by atoms with Gasteiger partial charge in [-0.15, -0.1) is 0 Å². The van der Waals surface area contributed by atoms with Crippen LogP contribution in [0.1, 0.15) is 13.8 Å². The Morgan fingerprint density at radius 1 is 1.00 bits per heavy atom. The van der Waals surface area contributed by atoms with Crippen molar-refractivity contribution in [1.29, 1.82) is 0 Å². The summed E-state index contributed by atoms with van der Waals surface area (Å²) in [5, 5.41) is 0. The highest BCUT2D eigenvalue weighted by Gasteiger charge is 2.23. The van der Waals surface area contributed by atoms with Gasteiger partial charge in [0.25, 0.3) is 0 Å². The standard InChI is InChI=1S/C6H16N2P2/c1-5-3-8(10)6(2)4-7(5)9/h5-6H,3-4,9-10H2,1-2H3/t5-,6?/m0/s1. The van der Waals surface area contributed by atoms with Crippen molar-refractivity contribution in [3.63, 3.8) is 0 Å². The Hall–Kier alpha value is 0.780. The zero-order valence-corrected chi connectivity index (χ0v) is 8.93. The van der Waals surface area contributed by atoms with Crippen LogP contribution in [0.2, 0.25) is 0 Å². The minimum Gasteiger partial charge on any atom is -0.282 e. The molecule has 1 heterocycles. The minimum absolute atomic E-state index is 0.665. The van der Waals surface area contributed by atoms with Gasteiger partial charge in [-0.1, -0.05) is 18.8 Å². The summed E-state index contributed by atoms with van der Waals surface area (Å²) in [6, 6.07) is 1.33. The maximum Gasteiger partial charge on any atom is 0.0232 e. The molecule has 0 bridgehead atoms. The van der Waals surface area contributed by atoms with E-state index in [1.807, 2.05) is 0 Å². The molecule has 0 aromatic rings. The lowest BCUT2D eigenvalue weighted by Crippen LogP contribution is -2.48. The van der Waals surface area contributed by atoms with Crippen molar-refractivity contribution in [2.24, 2.45) is 0 Å². The third-order valence-corrected chi connectivity index (χ3v) is 3.52. The molecule has 0 N–H and O–H groups in total. The van der Waals surface area contributed by atoms with Crippen molar-refractivity contribution in [2.75, 3.05) is 13.1 Å². The van der Waals surface area contributed by atoms with Crippen LogP contribution in [-0.4, -0.2) is 34.5 Å². The van der Waals surface area contributed by atoms with Crippen molar-refractivity contribution >= 4 is 18.8 Å². The van der Waals surface area contributed by atoms with Crippen molar-refractivity contribution in [2.45, 2.75) is 25.9 Å². The smallest absolute Gasteiger partial charge is 0.0232 e. The van der Waals surface area contributed by atoms with Gasteiger partial charge in [-0.2, -0.15) is 0 Å². The number of piperazine rings is 1. The van der Waals surface area contributed by atoms with Crippen LogP contribution >= 0.6 is 18.8 Å². The molecule has 0 aromatic heterocycles. The Labute approximate surface area is 67.9 Å². The summed E-state index contributed by atoms with van der Waals surface area (Å²) >= 11 is 0. The second-order valence-electron chi connectivity index (χ2n) is 3.09. The summed E-state index contributed by atoms with van der Waals surface area (Å²) in [5.74, 6) is 0. The fourth-order valence-electron chi connectivity index (χ4n) is 1.18. The third-order valence-electron chi connectivity index (χ3n) is 2.08. The largest absolute Gasteiger partial charge is 0.282 e. The number of hydrogen-bond donors (Lipinski definition) is 0. The second-order valence-corrected chi connectivity index (χ2v) is 4.42. The van der Waals surface area contributed by atoms with Crippen LogP contribution in [0, 0.1) is 0 Å².